The lowest BCUT2D eigenvalue weighted by molar-refractivity contribution is -0.120. The van der Waals surface area contributed by atoms with Crippen LogP contribution >= 0.6 is 0 Å². The van der Waals surface area contributed by atoms with Gasteiger partial charge in [0.1, 0.15) is 23.1 Å². The molecule has 3 aromatic rings. The number of amides is 2. The zero-order valence-electron chi connectivity index (χ0n) is 16.6. The summed E-state index contributed by atoms with van der Waals surface area (Å²) < 4.78 is 33.8. The highest BCUT2D eigenvalue weighted by atomic mass is 19.1. The Bertz CT molecular complexity index is 1190. The summed E-state index contributed by atoms with van der Waals surface area (Å²) in [6, 6.07) is 18.1. The summed E-state index contributed by atoms with van der Waals surface area (Å²) in [7, 11) is 0. The van der Waals surface area contributed by atoms with Crippen LogP contribution in [0.3, 0.4) is 0 Å². The van der Waals surface area contributed by atoms with E-state index in [1.807, 2.05) is 6.92 Å². The minimum Gasteiger partial charge on any atom is -0.492 e. The van der Waals surface area contributed by atoms with Gasteiger partial charge in [0.2, 0.25) is 0 Å². The van der Waals surface area contributed by atoms with Crippen LogP contribution in [0, 0.1) is 11.6 Å². The Hall–Kier alpha value is -4.00. The number of nitrogens with one attached hydrogen (secondary N) is 1. The molecule has 5 nitrogen and oxygen atoms in total. The number of anilines is 2. The summed E-state index contributed by atoms with van der Waals surface area (Å²) in [5.74, 6) is -2.70. The molecule has 0 radical (unpaired) electrons. The molecule has 1 heterocycles. The molecule has 0 aliphatic carbocycles. The summed E-state index contributed by atoms with van der Waals surface area (Å²) in [5.41, 5.74) is 0.498. The summed E-state index contributed by atoms with van der Waals surface area (Å²) in [5, 5.41) is 2.98. The highest BCUT2D eigenvalue weighted by Gasteiger charge is 2.41. The van der Waals surface area contributed by atoms with Crippen LogP contribution in [0.5, 0.6) is 5.75 Å². The molecule has 0 saturated carbocycles. The molecule has 3 aromatic carbocycles. The highest BCUT2D eigenvalue weighted by Crippen LogP contribution is 2.36. The van der Waals surface area contributed by atoms with E-state index in [0.29, 0.717) is 28.5 Å². The normalized spacial score (nSPS) is 13.7. The van der Waals surface area contributed by atoms with Gasteiger partial charge in [0.15, 0.2) is 0 Å². The second kappa shape index (κ2) is 8.39. The topological polar surface area (TPSA) is 58.6 Å². The summed E-state index contributed by atoms with van der Waals surface area (Å²) in [6.07, 6.45) is 0. The van der Waals surface area contributed by atoms with Gasteiger partial charge in [0, 0.05) is 6.07 Å². The molecule has 1 aliphatic rings. The minimum atomic E-state index is -0.883. The van der Waals surface area contributed by atoms with Crippen LogP contribution in [-0.2, 0) is 9.59 Å². The van der Waals surface area contributed by atoms with E-state index in [1.165, 1.54) is 0 Å². The fourth-order valence-corrected chi connectivity index (χ4v) is 3.38. The van der Waals surface area contributed by atoms with E-state index in [-0.39, 0.29) is 11.3 Å². The maximum absolute atomic E-state index is 14.4. The molecule has 7 heteroatoms. The van der Waals surface area contributed by atoms with Crippen molar-refractivity contribution in [3.8, 4) is 5.75 Å². The standard InChI is InChI=1S/C24H18F2N2O3/c1-2-31-20-11-7-6-10-18(20)27-22-21(15-8-4-3-5-9-15)23(29)28(24(22)30)19-14-16(25)12-13-17(19)26/h3-14,27H,2H2,1H3. The van der Waals surface area contributed by atoms with Gasteiger partial charge in [-0.2, -0.15) is 0 Å². The van der Waals surface area contributed by atoms with Crippen molar-refractivity contribution in [1.82, 2.24) is 0 Å². The van der Waals surface area contributed by atoms with Crippen LogP contribution < -0.4 is 15.0 Å². The van der Waals surface area contributed by atoms with Gasteiger partial charge in [0.05, 0.1) is 23.6 Å². The van der Waals surface area contributed by atoms with Crippen LogP contribution in [0.15, 0.2) is 78.5 Å². The van der Waals surface area contributed by atoms with Crippen molar-refractivity contribution in [2.45, 2.75) is 6.92 Å². The van der Waals surface area contributed by atoms with E-state index < -0.39 is 29.1 Å². The van der Waals surface area contributed by atoms with Gasteiger partial charge >= 0.3 is 0 Å². The molecule has 31 heavy (non-hydrogen) atoms. The van der Waals surface area contributed by atoms with E-state index in [2.05, 4.69) is 5.32 Å². The first-order valence-corrected chi connectivity index (χ1v) is 9.63. The number of ether oxygens (including phenoxy) is 1. The molecular formula is C24H18F2N2O3. The average molecular weight is 420 g/mol. The molecule has 0 spiro atoms. The Morgan fingerprint density at radius 2 is 1.61 bits per heavy atom. The number of hydrogen-bond donors (Lipinski definition) is 1. The van der Waals surface area contributed by atoms with E-state index >= 15 is 0 Å². The second-order valence-corrected chi connectivity index (χ2v) is 6.71. The Labute approximate surface area is 177 Å². The zero-order chi connectivity index (χ0) is 22.0. The number of carbonyl (C=O) groups is 2. The quantitative estimate of drug-likeness (QED) is 0.584. The van der Waals surface area contributed by atoms with Crippen LogP contribution in [0.4, 0.5) is 20.2 Å². The molecule has 0 saturated heterocycles. The molecule has 4 rings (SSSR count). The molecule has 0 fully saturated rings. The molecule has 0 bridgehead atoms. The molecule has 1 N–H and O–H groups in total. The lowest BCUT2D eigenvalue weighted by atomic mass is 10.0. The van der Waals surface area contributed by atoms with Gasteiger partial charge in [-0.15, -0.1) is 0 Å². The molecular weight excluding hydrogens is 402 g/mol. The van der Waals surface area contributed by atoms with Gasteiger partial charge in [-0.3, -0.25) is 9.59 Å². The molecule has 156 valence electrons. The van der Waals surface area contributed by atoms with Crippen molar-refractivity contribution >= 4 is 28.8 Å². The number of para-hydroxylation sites is 2. The SMILES string of the molecule is CCOc1ccccc1NC1=C(c2ccccc2)C(=O)N(c2cc(F)ccc2F)C1=O. The van der Waals surface area contributed by atoms with Gasteiger partial charge in [-0.1, -0.05) is 42.5 Å². The third kappa shape index (κ3) is 3.77. The first kappa shape index (κ1) is 20.3. The fraction of sp³-hybridized carbons (Fsp3) is 0.0833. The first-order chi connectivity index (χ1) is 15.0. The van der Waals surface area contributed by atoms with E-state index in [4.69, 9.17) is 4.74 Å². The average Bonchev–Trinajstić information content (AvgIpc) is 3.01. The van der Waals surface area contributed by atoms with Crippen molar-refractivity contribution in [3.05, 3.63) is 95.7 Å². The van der Waals surface area contributed by atoms with Crippen LogP contribution in [-0.4, -0.2) is 18.4 Å². The minimum absolute atomic E-state index is 0.0491. The lowest BCUT2D eigenvalue weighted by Crippen LogP contribution is -2.33. The molecule has 2 amide bonds. The third-order valence-electron chi connectivity index (χ3n) is 4.74. The van der Waals surface area contributed by atoms with Crippen molar-refractivity contribution in [1.29, 1.82) is 0 Å². The van der Waals surface area contributed by atoms with Crippen molar-refractivity contribution in [2.24, 2.45) is 0 Å². The number of halogens is 2. The third-order valence-corrected chi connectivity index (χ3v) is 4.74. The fourth-order valence-electron chi connectivity index (χ4n) is 3.38. The van der Waals surface area contributed by atoms with Gasteiger partial charge in [0.25, 0.3) is 11.8 Å². The second-order valence-electron chi connectivity index (χ2n) is 6.71. The number of nitrogens with zero attached hydrogens (tertiary/aromatic N) is 1. The smallest absolute Gasteiger partial charge is 0.282 e. The number of benzene rings is 3. The van der Waals surface area contributed by atoms with Crippen molar-refractivity contribution in [2.75, 3.05) is 16.8 Å². The largest absolute Gasteiger partial charge is 0.492 e. The van der Waals surface area contributed by atoms with Crippen LogP contribution in [0.2, 0.25) is 0 Å². The lowest BCUT2D eigenvalue weighted by Gasteiger charge is -2.17. The maximum atomic E-state index is 14.4. The van der Waals surface area contributed by atoms with Crippen LogP contribution in [0.25, 0.3) is 5.57 Å². The summed E-state index contributed by atoms with van der Waals surface area (Å²) >= 11 is 0. The Kier molecular flexibility index (Phi) is 5.49. The number of carbonyl (C=O) groups excluding carboxylic acids is 2. The maximum Gasteiger partial charge on any atom is 0.282 e. The Balaban J connectivity index is 1.85. The van der Waals surface area contributed by atoms with Gasteiger partial charge < -0.3 is 10.1 Å². The molecule has 0 atom stereocenters. The van der Waals surface area contributed by atoms with Crippen molar-refractivity contribution < 1.29 is 23.1 Å². The Morgan fingerprint density at radius 3 is 2.35 bits per heavy atom. The van der Waals surface area contributed by atoms with E-state index in [9.17, 15) is 18.4 Å². The highest BCUT2D eigenvalue weighted by molar-refractivity contribution is 6.46. The van der Waals surface area contributed by atoms with E-state index in [0.717, 1.165) is 18.2 Å². The number of imide groups is 1. The van der Waals surface area contributed by atoms with Crippen molar-refractivity contribution in [3.63, 3.8) is 0 Å². The van der Waals surface area contributed by atoms with Crippen LogP contribution in [0.1, 0.15) is 12.5 Å². The molecule has 1 aliphatic heterocycles. The number of hydrogen-bond acceptors (Lipinski definition) is 4. The summed E-state index contributed by atoms with van der Waals surface area (Å²) in [4.78, 5) is 27.2. The zero-order valence-corrected chi connectivity index (χ0v) is 16.6. The molecule has 0 unspecified atom stereocenters. The van der Waals surface area contributed by atoms with Gasteiger partial charge in [-0.05, 0) is 36.8 Å². The first-order valence-electron chi connectivity index (χ1n) is 9.63. The van der Waals surface area contributed by atoms with Gasteiger partial charge in [-0.25, -0.2) is 13.7 Å². The van der Waals surface area contributed by atoms with E-state index in [1.54, 1.807) is 54.6 Å². The molecule has 0 aromatic heterocycles. The predicted molar refractivity (Wildman–Crippen MR) is 113 cm³/mol. The predicted octanol–water partition coefficient (Wildman–Crippen LogP) is 4.76. The summed E-state index contributed by atoms with van der Waals surface area (Å²) in [6.45, 7) is 2.22. The number of rotatable bonds is 6. The Morgan fingerprint density at radius 1 is 0.903 bits per heavy atom. The monoisotopic (exact) mass is 420 g/mol.